The first-order valence-electron chi connectivity index (χ1n) is 19.4. The Labute approximate surface area is 296 Å². The van der Waals surface area contributed by atoms with Gasteiger partial charge < -0.3 is 0 Å². The van der Waals surface area contributed by atoms with Crippen LogP contribution in [0.15, 0.2) is 36.4 Å². The molecule has 10 heterocycles. The van der Waals surface area contributed by atoms with E-state index < -0.39 is 73.4 Å². The van der Waals surface area contributed by atoms with Crippen LogP contribution < -0.4 is 10.6 Å². The summed E-state index contributed by atoms with van der Waals surface area (Å²) < 4.78 is 174. The fraction of sp³-hybridized carbons (Fsp3) is 0.692. The van der Waals surface area contributed by atoms with Crippen molar-refractivity contribution in [3.63, 3.8) is 0 Å². The van der Waals surface area contributed by atoms with Crippen molar-refractivity contribution in [2.24, 2.45) is 0 Å². The van der Waals surface area contributed by atoms with Crippen LogP contribution in [0.25, 0.3) is 0 Å². The summed E-state index contributed by atoms with van der Waals surface area (Å²) in [5, 5.41) is -0.627. The third-order valence-electron chi connectivity index (χ3n) is 23.6. The molecule has 2 aromatic rings. The first-order valence-corrected chi connectivity index (χ1v) is 28.6. The van der Waals surface area contributed by atoms with Crippen molar-refractivity contribution in [3.8, 4) is 0 Å². The summed E-state index contributed by atoms with van der Waals surface area (Å²) in [4.78, 5) is 3.44. The van der Waals surface area contributed by atoms with Crippen LogP contribution in [-0.4, -0.2) is 21.5 Å². The number of halogens is 12. The molecular weight excluding hydrogens is 814 g/mol. The maximum absolute atomic E-state index is 14.6. The summed E-state index contributed by atoms with van der Waals surface area (Å²) in [5.41, 5.74) is -5.14. The Hall–Kier alpha value is -1.02. The molecule has 296 valence electrons. The zero-order chi connectivity index (χ0) is 37.7. The Morgan fingerprint density at radius 2 is 0.833 bits per heavy atom. The van der Waals surface area contributed by atoms with E-state index in [2.05, 4.69) is 0 Å². The second-order valence-electron chi connectivity index (χ2n) is 21.0. The van der Waals surface area contributed by atoms with Gasteiger partial charge in [-0.1, -0.05) is 0 Å². The third kappa shape index (κ3) is 1.27. The third-order valence-corrected chi connectivity index (χ3v) is 77.9. The second-order valence-corrected chi connectivity index (χ2v) is 49.9. The van der Waals surface area contributed by atoms with Gasteiger partial charge in [-0.05, 0) is 0 Å². The average Bonchev–Trinajstić information content (AvgIpc) is 4.06. The van der Waals surface area contributed by atoms with Crippen molar-refractivity contribution in [3.05, 3.63) is 58.7 Å². The molecular formula is C39H38F12FeP2. The van der Waals surface area contributed by atoms with Crippen molar-refractivity contribution in [2.45, 2.75) is 147 Å². The van der Waals surface area contributed by atoms with E-state index in [1.165, 1.54) is 0 Å². The van der Waals surface area contributed by atoms with Gasteiger partial charge in [0, 0.05) is 0 Å². The van der Waals surface area contributed by atoms with Crippen LogP contribution in [0.1, 0.15) is 86.5 Å². The fourth-order valence-electron chi connectivity index (χ4n) is 24.3. The number of hydrogen-bond acceptors (Lipinski definition) is 0. The number of fused-ring (bicyclic) bond motifs is 10. The molecule has 0 nitrogen and oxygen atoms in total. The van der Waals surface area contributed by atoms with Gasteiger partial charge in [0.15, 0.2) is 0 Å². The topological polar surface area (TPSA) is 0 Å². The van der Waals surface area contributed by atoms with E-state index in [-0.39, 0.29) is 31.9 Å². The van der Waals surface area contributed by atoms with Gasteiger partial charge in [-0.2, -0.15) is 0 Å². The summed E-state index contributed by atoms with van der Waals surface area (Å²) in [6.07, 6.45) is -8.62. The van der Waals surface area contributed by atoms with Crippen LogP contribution in [0.3, 0.4) is 0 Å². The van der Waals surface area contributed by atoms with Gasteiger partial charge in [0.25, 0.3) is 0 Å². The molecule has 1 spiro atoms. The quantitative estimate of drug-likeness (QED) is 0.148. The van der Waals surface area contributed by atoms with Crippen molar-refractivity contribution in [2.75, 3.05) is 6.16 Å². The van der Waals surface area contributed by atoms with Crippen LogP contribution in [-0.2, 0) is 31.2 Å². The molecule has 2 saturated carbocycles. The molecule has 15 heteroatoms. The molecule has 14 rings (SSSR count). The zero-order valence-corrected chi connectivity index (χ0v) is 31.7. The molecule has 0 radical (unpaired) electrons. The molecule has 0 amide bonds. The van der Waals surface area contributed by atoms with E-state index >= 15 is 0 Å². The summed E-state index contributed by atoms with van der Waals surface area (Å²) in [5.74, 6) is 0. The van der Waals surface area contributed by atoms with Crippen LogP contribution in [0, 0.1) is 0 Å². The minimum absolute atomic E-state index is 0.0457. The molecule has 4 unspecified atom stereocenters. The van der Waals surface area contributed by atoms with Gasteiger partial charge in [-0.25, -0.2) is 0 Å². The van der Waals surface area contributed by atoms with Gasteiger partial charge in [0.2, 0.25) is 0 Å². The molecule has 12 aliphatic rings. The molecule has 12 fully saturated rings. The molecule has 54 heavy (non-hydrogen) atoms. The van der Waals surface area contributed by atoms with Crippen LogP contribution in [0.4, 0.5) is 52.7 Å². The molecule has 2 aromatic carbocycles. The van der Waals surface area contributed by atoms with E-state index in [9.17, 15) is 52.7 Å². The summed E-state index contributed by atoms with van der Waals surface area (Å²) in [6, 6.07) is 2.87. The number of alkyl halides is 12. The molecule has 0 N–H and O–H groups in total. The Kier molecular flexibility index (Phi) is 3.61. The number of benzene rings is 2. The minimum atomic E-state index is -5.20. The van der Waals surface area contributed by atoms with E-state index in [4.69, 9.17) is 0 Å². The van der Waals surface area contributed by atoms with Gasteiger partial charge in [-0.15, -0.1) is 0 Å². The van der Waals surface area contributed by atoms with Crippen molar-refractivity contribution in [1.82, 2.24) is 0 Å². The Morgan fingerprint density at radius 3 is 1.13 bits per heavy atom. The zero-order valence-electron chi connectivity index (χ0n) is 28.8. The van der Waals surface area contributed by atoms with Gasteiger partial charge in [0.05, 0.1) is 0 Å². The predicted molar refractivity (Wildman–Crippen MR) is 180 cm³/mol. The van der Waals surface area contributed by atoms with E-state index in [1.807, 2.05) is 0 Å². The normalized spacial score (nSPS) is 52.7. The van der Waals surface area contributed by atoms with Gasteiger partial charge >= 0.3 is 298 Å². The second kappa shape index (κ2) is 5.93. The van der Waals surface area contributed by atoms with Crippen LogP contribution in [0.5, 0.6) is 0 Å². The fourth-order valence-corrected chi connectivity index (χ4v) is 123. The molecule has 0 bridgehead atoms. The molecule has 10 saturated heterocycles. The number of rotatable bonds is 7. The Balaban J connectivity index is 1.04. The van der Waals surface area contributed by atoms with Crippen LogP contribution in [0.2, 0.25) is 42.8 Å². The predicted octanol–water partition coefficient (Wildman–Crippen LogP) is 14.0. The summed E-state index contributed by atoms with van der Waals surface area (Å²) in [7, 11) is -3.00. The van der Waals surface area contributed by atoms with E-state index in [0.717, 1.165) is 70.4 Å². The van der Waals surface area contributed by atoms with E-state index in [0.29, 0.717) is 69.3 Å². The molecule has 0 aromatic heterocycles. The first kappa shape index (κ1) is 32.9. The molecule has 10 aliphatic heterocycles. The Bertz CT molecular complexity index is 2300. The maximum atomic E-state index is 14.6. The van der Waals surface area contributed by atoms with Crippen molar-refractivity contribution < 1.29 is 59.2 Å². The van der Waals surface area contributed by atoms with Crippen LogP contribution >= 0.6 is 15.8 Å². The molecule has 2 aliphatic carbocycles. The standard InChI is InChI=1S/C34H33F12P2.C5H5.Fe/c35-31(36,37)22-14-23(32(38,39)40)17-28(16-22)48(29-18-24(33(41,42)43)15-25(19-29)34(44,45)46)30-13-7-8-21(30)20-47(26-9-3-1-4-10-26)27-11-5-2-6-12-27;1-2-4-5-3-1;/h7-8,13-19,26-27H,1-6,9-12,20H2;1-5H;. The summed E-state index contributed by atoms with van der Waals surface area (Å²) in [6.45, 7) is -5.05. The van der Waals surface area contributed by atoms with Gasteiger partial charge in [-0.3, -0.25) is 0 Å². The Morgan fingerprint density at radius 1 is 0.481 bits per heavy atom. The first-order chi connectivity index (χ1) is 25.0. The van der Waals surface area contributed by atoms with Crippen molar-refractivity contribution >= 4 is 26.5 Å². The summed E-state index contributed by atoms with van der Waals surface area (Å²) >= 11 is 0. The SMILES string of the molecule is FC(F)(F)c1cc(P(c2cc(C(F)(F)F)cc(C(F)(F)F)c2)[C]23[CH]4[CH]5[CH]6[C@]2(CP(C2CCCCC2)C2CCCCC2)[Fe]54632789[CH]3[CH]2[CH]7[CH]8[CH]39)cc(C(F)(F)F)c1. The van der Waals surface area contributed by atoms with Crippen molar-refractivity contribution in [1.29, 1.82) is 0 Å². The number of hydrogen-bond donors (Lipinski definition) is 0. The van der Waals surface area contributed by atoms with E-state index in [1.54, 1.807) is 0 Å². The molecule has 5 atom stereocenters. The average molecular weight is 853 g/mol. The van der Waals surface area contributed by atoms with Gasteiger partial charge in [0.1, 0.15) is 0 Å². The monoisotopic (exact) mass is 852 g/mol.